The number of rotatable bonds is 8. The second kappa shape index (κ2) is 14.6. The zero-order chi connectivity index (χ0) is 48.9. The van der Waals surface area contributed by atoms with E-state index in [2.05, 4.69) is 24.3 Å². The van der Waals surface area contributed by atoms with Crippen LogP contribution >= 0.6 is 0 Å². The Labute approximate surface area is 365 Å². The summed E-state index contributed by atoms with van der Waals surface area (Å²) in [6.45, 7) is 3.91. The smallest absolute Gasteiger partial charge is 0.0645 e. The first kappa shape index (κ1) is 26.3. The zero-order valence-corrected chi connectivity index (χ0v) is 32.9. The fraction of sp³-hybridized carbons (Fsp3) is 0.0345. The molecule has 0 radical (unpaired) electrons. The van der Waals surface area contributed by atoms with Crippen LogP contribution in [0.1, 0.15) is 24.8 Å². The minimum atomic E-state index is -0.459. The molecule has 10 aromatic carbocycles. The van der Waals surface area contributed by atoms with Gasteiger partial charge in [0.1, 0.15) is 0 Å². The minimum Gasteiger partial charge on any atom is -0.310 e. The van der Waals surface area contributed by atoms with Crippen LogP contribution < -0.4 is 9.80 Å². The van der Waals surface area contributed by atoms with Gasteiger partial charge >= 0.3 is 0 Å². The van der Waals surface area contributed by atoms with Crippen LogP contribution in [-0.2, 0) is 0 Å². The van der Waals surface area contributed by atoms with E-state index in [0.29, 0.717) is 22.7 Å². The molecular weight excluding hydrogens is 725 g/mol. The van der Waals surface area contributed by atoms with Gasteiger partial charge in [0.2, 0.25) is 0 Å². The Balaban J connectivity index is 1.05. The lowest BCUT2D eigenvalue weighted by atomic mass is 9.78. The summed E-state index contributed by atoms with van der Waals surface area (Å²) >= 11 is 0. The van der Waals surface area contributed by atoms with E-state index in [9.17, 15) is 0 Å². The van der Waals surface area contributed by atoms with Crippen molar-refractivity contribution in [3.8, 4) is 44.5 Å². The summed E-state index contributed by atoms with van der Waals surface area (Å²) in [5.41, 5.74) is 12.4. The largest absolute Gasteiger partial charge is 0.310 e. The average Bonchev–Trinajstić information content (AvgIpc) is 3.38. The first-order valence-corrected chi connectivity index (χ1v) is 19.9. The molecule has 0 aromatic heterocycles. The van der Waals surface area contributed by atoms with Gasteiger partial charge in [0.15, 0.2) is 0 Å². The lowest BCUT2D eigenvalue weighted by Crippen LogP contribution is -2.11. The quantitative estimate of drug-likeness (QED) is 0.152. The molecule has 0 heterocycles. The molecule has 0 atom stereocenters. The van der Waals surface area contributed by atoms with Gasteiger partial charge in [0, 0.05) is 34.1 Å². The van der Waals surface area contributed by atoms with Crippen molar-refractivity contribution in [2.45, 2.75) is 13.8 Å². The second-order valence-electron chi connectivity index (χ2n) is 15.2. The van der Waals surface area contributed by atoms with Crippen LogP contribution in [0.5, 0.6) is 0 Å². The number of fused-ring (bicyclic) bond motifs is 6. The lowest BCUT2D eigenvalue weighted by Gasteiger charge is -2.29. The van der Waals surface area contributed by atoms with Crippen molar-refractivity contribution in [2.75, 3.05) is 9.80 Å². The van der Waals surface area contributed by atoms with Gasteiger partial charge in [-0.3, -0.25) is 0 Å². The van der Waals surface area contributed by atoms with Gasteiger partial charge in [-0.25, -0.2) is 0 Å². The number of nitrogens with zero attached hydrogens (tertiary/aromatic N) is 2. The second-order valence-corrected chi connectivity index (χ2v) is 15.2. The summed E-state index contributed by atoms with van der Waals surface area (Å²) in [4.78, 5) is 3.56. The van der Waals surface area contributed by atoms with Crippen LogP contribution in [0.15, 0.2) is 218 Å². The van der Waals surface area contributed by atoms with E-state index < -0.39 is 36.3 Å². The Hall–Kier alpha value is -7.68. The summed E-state index contributed by atoms with van der Waals surface area (Å²) in [7, 11) is 0. The number of para-hydroxylation sites is 2. The monoisotopic (exact) mass is 776 g/mol. The third-order valence-electron chi connectivity index (χ3n) is 11.6. The van der Waals surface area contributed by atoms with Crippen LogP contribution in [0.3, 0.4) is 0 Å². The highest BCUT2D eigenvalue weighted by Gasteiger charge is 2.25. The standard InChI is InChI=1S/C58H42N2/c1-39-23-25-45(41-15-7-3-8-16-41)37-57(39)59(49-19-11-5-12-20-49)51-29-27-43-33-53-54-34-44-28-30-52(32-48(44)36-56(54)55(53)35-47(43)31-51)60(50-21-13-6-14-22-50)58-38-46(26-24-40(58)2)42-17-9-4-10-18-42/h3-38H,1-2H3/i5D,6D,11D,12D,13D,14D,19D,20D,21D,22D. The molecule has 2 heteroatoms. The first-order chi connectivity index (χ1) is 33.7. The molecule has 0 fully saturated rings. The van der Waals surface area contributed by atoms with E-state index in [4.69, 9.17) is 13.7 Å². The number of hydrogen-bond acceptors (Lipinski definition) is 2. The van der Waals surface area contributed by atoms with E-state index in [1.165, 1.54) is 0 Å². The summed E-state index contributed by atoms with van der Waals surface area (Å²) in [5, 5.41) is 3.74. The van der Waals surface area contributed by atoms with Crippen molar-refractivity contribution in [3.05, 3.63) is 229 Å². The number of anilines is 6. The van der Waals surface area contributed by atoms with Crippen molar-refractivity contribution in [1.29, 1.82) is 0 Å². The molecule has 1 aliphatic rings. The minimum absolute atomic E-state index is 0.0508. The Morgan fingerprint density at radius 3 is 1.10 bits per heavy atom. The normalized spacial score (nSPS) is 13.8. The molecule has 0 aliphatic heterocycles. The van der Waals surface area contributed by atoms with Crippen molar-refractivity contribution >= 4 is 55.7 Å². The Morgan fingerprint density at radius 1 is 0.317 bits per heavy atom. The molecule has 0 spiro atoms. The van der Waals surface area contributed by atoms with Gasteiger partial charge in [-0.1, -0.05) is 133 Å². The number of hydrogen-bond donors (Lipinski definition) is 0. The molecule has 0 amide bonds. The van der Waals surface area contributed by atoms with Gasteiger partial charge in [0.25, 0.3) is 0 Å². The molecule has 2 nitrogen and oxygen atoms in total. The van der Waals surface area contributed by atoms with Crippen molar-refractivity contribution in [3.63, 3.8) is 0 Å². The fourth-order valence-electron chi connectivity index (χ4n) is 8.49. The van der Waals surface area contributed by atoms with E-state index in [1.807, 2.05) is 147 Å². The first-order valence-electron chi connectivity index (χ1n) is 24.9. The molecule has 284 valence electrons. The van der Waals surface area contributed by atoms with Crippen LogP contribution in [-0.4, -0.2) is 0 Å². The summed E-state index contributed by atoms with van der Waals surface area (Å²) in [5.74, 6) is 0. The third-order valence-corrected chi connectivity index (χ3v) is 11.6. The van der Waals surface area contributed by atoms with E-state index in [0.717, 1.165) is 77.2 Å². The molecule has 0 saturated carbocycles. The Bertz CT molecular complexity index is 3510. The SMILES string of the molecule is [2H]c1c([2H])c([2H])c(N(c2ccc3cc4c(cc3c2)-c2cc3cc(N(c5cc(-c6ccccc6)ccc5C)c5c([2H])c([2H])c([2H])c([2H])c5[2H])ccc3cc2-4)c2cc(-c3ccccc3)ccc2C)c([2H])c1[2H]. The van der Waals surface area contributed by atoms with Gasteiger partial charge in [-0.05, 0) is 176 Å². The van der Waals surface area contributed by atoms with Gasteiger partial charge in [0.05, 0.1) is 13.7 Å². The highest BCUT2D eigenvalue weighted by atomic mass is 15.1. The van der Waals surface area contributed by atoms with Crippen molar-refractivity contribution in [2.24, 2.45) is 0 Å². The highest BCUT2D eigenvalue weighted by molar-refractivity contribution is 6.12. The summed E-state index contributed by atoms with van der Waals surface area (Å²) < 4.78 is 87.8. The zero-order valence-electron chi connectivity index (χ0n) is 42.9. The van der Waals surface area contributed by atoms with Crippen LogP contribution in [0.4, 0.5) is 34.1 Å². The van der Waals surface area contributed by atoms with Gasteiger partial charge in [-0.15, -0.1) is 0 Å². The summed E-state index contributed by atoms with van der Waals surface area (Å²) in [6, 6.07) is 48.5. The van der Waals surface area contributed by atoms with Gasteiger partial charge in [-0.2, -0.15) is 0 Å². The molecule has 0 bridgehead atoms. The fourth-order valence-corrected chi connectivity index (χ4v) is 8.49. The third kappa shape index (κ3) is 6.22. The Morgan fingerprint density at radius 2 is 0.700 bits per heavy atom. The lowest BCUT2D eigenvalue weighted by molar-refractivity contribution is 1.25. The molecule has 0 N–H and O–H groups in total. The van der Waals surface area contributed by atoms with Crippen molar-refractivity contribution in [1.82, 2.24) is 0 Å². The maximum Gasteiger partial charge on any atom is 0.0645 e. The van der Waals surface area contributed by atoms with E-state index in [-0.39, 0.29) is 35.5 Å². The molecule has 10 aromatic rings. The average molecular weight is 777 g/mol. The molecule has 0 unspecified atom stereocenters. The predicted molar refractivity (Wildman–Crippen MR) is 256 cm³/mol. The summed E-state index contributed by atoms with van der Waals surface area (Å²) in [6.07, 6.45) is 0. The molecule has 11 rings (SSSR count). The Kier molecular flexibility index (Phi) is 6.41. The predicted octanol–water partition coefficient (Wildman–Crippen LogP) is 16.5. The molecule has 1 aliphatic carbocycles. The molecular formula is C58H42N2. The van der Waals surface area contributed by atoms with Gasteiger partial charge < -0.3 is 9.80 Å². The number of benzene rings is 10. The van der Waals surface area contributed by atoms with Crippen molar-refractivity contribution < 1.29 is 13.7 Å². The van der Waals surface area contributed by atoms with E-state index in [1.54, 1.807) is 9.80 Å². The molecule has 60 heavy (non-hydrogen) atoms. The maximum atomic E-state index is 9.12. The van der Waals surface area contributed by atoms with Crippen LogP contribution in [0.25, 0.3) is 66.1 Å². The highest BCUT2D eigenvalue weighted by Crippen LogP contribution is 2.52. The van der Waals surface area contributed by atoms with Crippen LogP contribution in [0, 0.1) is 13.8 Å². The number of aryl methyl sites for hydroxylation is 2. The van der Waals surface area contributed by atoms with E-state index >= 15 is 0 Å². The topological polar surface area (TPSA) is 6.48 Å². The molecule has 0 saturated heterocycles. The maximum absolute atomic E-state index is 9.12. The van der Waals surface area contributed by atoms with Crippen LogP contribution in [0.2, 0.25) is 0 Å².